The van der Waals surface area contributed by atoms with E-state index in [-0.39, 0.29) is 5.78 Å². The van der Waals surface area contributed by atoms with Crippen LogP contribution in [-0.2, 0) is 0 Å². The fourth-order valence-electron chi connectivity index (χ4n) is 2.09. The van der Waals surface area contributed by atoms with Gasteiger partial charge in [-0.1, -0.05) is 51.9 Å². The molecular formula is C16H24FNO. The molecule has 0 amide bonds. The SMILES string of the molecule is CCCCCCCCCCC(=O)c1ccc(F)cn1. The summed E-state index contributed by atoms with van der Waals surface area (Å²) in [7, 11) is 0. The van der Waals surface area contributed by atoms with Gasteiger partial charge in [-0.05, 0) is 18.6 Å². The van der Waals surface area contributed by atoms with Gasteiger partial charge < -0.3 is 0 Å². The molecule has 0 aliphatic heterocycles. The van der Waals surface area contributed by atoms with Crippen LogP contribution in [0, 0.1) is 5.82 Å². The molecule has 0 aliphatic carbocycles. The Morgan fingerprint density at radius 1 is 1.05 bits per heavy atom. The zero-order valence-corrected chi connectivity index (χ0v) is 11.8. The first-order chi connectivity index (χ1) is 9.24. The first kappa shape index (κ1) is 15.8. The van der Waals surface area contributed by atoms with Gasteiger partial charge >= 0.3 is 0 Å². The molecule has 0 aliphatic rings. The zero-order valence-electron chi connectivity index (χ0n) is 11.8. The third kappa shape index (κ3) is 7.04. The average Bonchev–Trinajstić information content (AvgIpc) is 2.42. The number of pyridine rings is 1. The van der Waals surface area contributed by atoms with Gasteiger partial charge in [0.25, 0.3) is 0 Å². The monoisotopic (exact) mass is 265 g/mol. The van der Waals surface area contributed by atoms with Crippen molar-refractivity contribution in [3.8, 4) is 0 Å². The summed E-state index contributed by atoms with van der Waals surface area (Å²) in [4.78, 5) is 15.5. The van der Waals surface area contributed by atoms with E-state index in [0.717, 1.165) is 19.0 Å². The minimum absolute atomic E-state index is 0.0194. The maximum Gasteiger partial charge on any atom is 0.181 e. The van der Waals surface area contributed by atoms with Crippen molar-refractivity contribution in [2.24, 2.45) is 0 Å². The van der Waals surface area contributed by atoms with Crippen molar-refractivity contribution < 1.29 is 9.18 Å². The number of rotatable bonds is 10. The Hall–Kier alpha value is -1.25. The summed E-state index contributed by atoms with van der Waals surface area (Å²) in [6.45, 7) is 2.22. The van der Waals surface area contributed by atoms with Gasteiger partial charge in [-0.25, -0.2) is 4.39 Å². The molecule has 1 heterocycles. The van der Waals surface area contributed by atoms with E-state index in [0.29, 0.717) is 12.1 Å². The van der Waals surface area contributed by atoms with Crippen LogP contribution >= 0.6 is 0 Å². The van der Waals surface area contributed by atoms with Crippen molar-refractivity contribution in [3.63, 3.8) is 0 Å². The molecule has 0 saturated heterocycles. The molecule has 0 N–H and O–H groups in total. The van der Waals surface area contributed by atoms with Gasteiger partial charge in [-0.15, -0.1) is 0 Å². The van der Waals surface area contributed by atoms with Crippen LogP contribution in [0.25, 0.3) is 0 Å². The van der Waals surface area contributed by atoms with Crippen LogP contribution in [0.2, 0.25) is 0 Å². The van der Waals surface area contributed by atoms with Gasteiger partial charge in [-0.2, -0.15) is 0 Å². The number of carbonyl (C=O) groups excluding carboxylic acids is 1. The lowest BCUT2D eigenvalue weighted by Crippen LogP contribution is -2.02. The lowest BCUT2D eigenvalue weighted by molar-refractivity contribution is 0.0974. The Morgan fingerprint density at radius 2 is 1.68 bits per heavy atom. The first-order valence-electron chi connectivity index (χ1n) is 7.38. The molecule has 0 atom stereocenters. The molecule has 0 fully saturated rings. The molecule has 0 spiro atoms. The van der Waals surface area contributed by atoms with E-state index in [1.54, 1.807) is 0 Å². The van der Waals surface area contributed by atoms with Crippen molar-refractivity contribution in [3.05, 3.63) is 29.8 Å². The summed E-state index contributed by atoms with van der Waals surface area (Å²) >= 11 is 0. The minimum atomic E-state index is -0.399. The highest BCUT2D eigenvalue weighted by atomic mass is 19.1. The molecule has 19 heavy (non-hydrogen) atoms. The molecule has 1 aromatic rings. The van der Waals surface area contributed by atoms with E-state index in [4.69, 9.17) is 0 Å². The van der Waals surface area contributed by atoms with Gasteiger partial charge in [0.05, 0.1) is 6.20 Å². The first-order valence-corrected chi connectivity index (χ1v) is 7.38. The molecule has 0 unspecified atom stereocenters. The van der Waals surface area contributed by atoms with E-state index >= 15 is 0 Å². The predicted octanol–water partition coefficient (Wildman–Crippen LogP) is 4.93. The van der Waals surface area contributed by atoms with Crippen LogP contribution in [0.15, 0.2) is 18.3 Å². The maximum absolute atomic E-state index is 12.7. The molecule has 106 valence electrons. The highest BCUT2D eigenvalue weighted by molar-refractivity contribution is 5.94. The summed E-state index contributed by atoms with van der Waals surface area (Å²) in [5, 5.41) is 0. The Morgan fingerprint density at radius 3 is 2.26 bits per heavy atom. The number of unbranched alkanes of at least 4 members (excludes halogenated alkanes) is 7. The van der Waals surface area contributed by atoms with Crippen molar-refractivity contribution >= 4 is 5.78 Å². The van der Waals surface area contributed by atoms with Crippen molar-refractivity contribution in [2.45, 2.75) is 64.7 Å². The third-order valence-corrected chi connectivity index (χ3v) is 3.27. The normalized spacial score (nSPS) is 10.6. The summed E-state index contributed by atoms with van der Waals surface area (Å²) in [6, 6.07) is 2.75. The number of aromatic nitrogens is 1. The van der Waals surface area contributed by atoms with Crippen molar-refractivity contribution in [2.75, 3.05) is 0 Å². The van der Waals surface area contributed by atoms with E-state index in [1.165, 1.54) is 50.7 Å². The van der Waals surface area contributed by atoms with Crippen LogP contribution in [0.3, 0.4) is 0 Å². The Kier molecular flexibility index (Phi) is 8.03. The van der Waals surface area contributed by atoms with Gasteiger partial charge in [0.1, 0.15) is 11.5 Å². The van der Waals surface area contributed by atoms with Gasteiger partial charge in [0, 0.05) is 6.42 Å². The fraction of sp³-hybridized carbons (Fsp3) is 0.625. The second-order valence-electron chi connectivity index (χ2n) is 5.01. The second-order valence-corrected chi connectivity index (χ2v) is 5.01. The molecule has 0 aromatic carbocycles. The smallest absolute Gasteiger partial charge is 0.181 e. The number of ketones is 1. The van der Waals surface area contributed by atoms with Gasteiger partial charge in [0.15, 0.2) is 5.78 Å². The van der Waals surface area contributed by atoms with Crippen LogP contribution in [0.4, 0.5) is 4.39 Å². The lowest BCUT2D eigenvalue weighted by Gasteiger charge is -2.02. The van der Waals surface area contributed by atoms with Gasteiger partial charge in [-0.3, -0.25) is 9.78 Å². The molecule has 3 heteroatoms. The van der Waals surface area contributed by atoms with Crippen LogP contribution in [0.5, 0.6) is 0 Å². The average molecular weight is 265 g/mol. The lowest BCUT2D eigenvalue weighted by atomic mass is 10.1. The number of carbonyl (C=O) groups is 1. The fourth-order valence-corrected chi connectivity index (χ4v) is 2.09. The summed E-state index contributed by atoms with van der Waals surface area (Å²) in [5.41, 5.74) is 0.379. The van der Waals surface area contributed by atoms with E-state index in [9.17, 15) is 9.18 Å². The number of hydrogen-bond acceptors (Lipinski definition) is 2. The highest BCUT2D eigenvalue weighted by Crippen LogP contribution is 2.11. The summed E-state index contributed by atoms with van der Waals surface area (Å²) < 4.78 is 12.7. The number of halogens is 1. The third-order valence-electron chi connectivity index (χ3n) is 3.27. The van der Waals surface area contributed by atoms with Crippen molar-refractivity contribution in [1.29, 1.82) is 0 Å². The highest BCUT2D eigenvalue weighted by Gasteiger charge is 2.06. The molecule has 0 radical (unpaired) electrons. The van der Waals surface area contributed by atoms with E-state index in [2.05, 4.69) is 11.9 Å². The Bertz CT molecular complexity index is 362. The number of nitrogens with zero attached hydrogens (tertiary/aromatic N) is 1. The zero-order chi connectivity index (χ0) is 13.9. The predicted molar refractivity (Wildman–Crippen MR) is 75.8 cm³/mol. The van der Waals surface area contributed by atoms with Crippen LogP contribution in [-0.4, -0.2) is 10.8 Å². The quantitative estimate of drug-likeness (QED) is 0.443. The Labute approximate surface area is 115 Å². The molecule has 0 bridgehead atoms. The maximum atomic E-state index is 12.7. The topological polar surface area (TPSA) is 30.0 Å². The molecule has 0 saturated carbocycles. The largest absolute Gasteiger partial charge is 0.292 e. The number of hydrogen-bond donors (Lipinski definition) is 0. The van der Waals surface area contributed by atoms with Crippen LogP contribution < -0.4 is 0 Å². The standard InChI is InChI=1S/C16H24FNO/c1-2-3-4-5-6-7-8-9-10-16(19)15-12-11-14(17)13-18-15/h11-13H,2-10H2,1H3. The molecular weight excluding hydrogens is 241 g/mol. The minimum Gasteiger partial charge on any atom is -0.292 e. The molecule has 1 rings (SSSR count). The van der Waals surface area contributed by atoms with E-state index < -0.39 is 5.82 Å². The van der Waals surface area contributed by atoms with Crippen LogP contribution in [0.1, 0.15) is 75.2 Å². The summed E-state index contributed by atoms with van der Waals surface area (Å²) in [6.07, 6.45) is 11.3. The second kappa shape index (κ2) is 9.65. The summed E-state index contributed by atoms with van der Waals surface area (Å²) in [5.74, 6) is -0.380. The van der Waals surface area contributed by atoms with Gasteiger partial charge in [0.2, 0.25) is 0 Å². The van der Waals surface area contributed by atoms with Crippen molar-refractivity contribution in [1.82, 2.24) is 4.98 Å². The van der Waals surface area contributed by atoms with E-state index in [1.807, 2.05) is 0 Å². The number of Topliss-reactive ketones (excluding diaryl/α,β-unsaturated/α-hetero) is 1. The molecule has 2 nitrogen and oxygen atoms in total. The molecule has 1 aromatic heterocycles. The Balaban J connectivity index is 2.06.